The lowest BCUT2D eigenvalue weighted by Gasteiger charge is -2.21. The average molecular weight is 463 g/mol. The molecule has 4 rings (SSSR count). The van der Waals surface area contributed by atoms with E-state index in [1.165, 1.54) is 35.9 Å². The molecule has 0 spiro atoms. The third-order valence-electron chi connectivity index (χ3n) is 4.65. The van der Waals surface area contributed by atoms with Crippen LogP contribution < -0.4 is 5.48 Å². The number of aromatic nitrogens is 3. The first-order valence-corrected chi connectivity index (χ1v) is 12.0. The zero-order chi connectivity index (χ0) is 21.8. The minimum Gasteiger partial charge on any atom is -0.350 e. The second kappa shape index (κ2) is 9.18. The van der Waals surface area contributed by atoms with Crippen LogP contribution in [0.3, 0.4) is 0 Å². The SMILES string of the molecule is Cn1cc(-c2ccc(S(=O)(=O)n3ccc(C=CC(=O)NOC4CCCCO4)c3)s2)cn1. The number of rotatable bonds is 7. The Bertz CT molecular complexity index is 1190. The van der Waals surface area contributed by atoms with Crippen LogP contribution in [-0.2, 0) is 31.4 Å². The molecule has 11 heteroatoms. The summed E-state index contributed by atoms with van der Waals surface area (Å²) in [6, 6.07) is 4.96. The standard InChI is InChI=1S/C20H22N4O5S2/c1-23-14-16(12-21-23)17-6-8-20(30-17)31(26,27)24-10-9-15(13-24)5-7-18(25)22-29-19-4-2-3-11-28-19/h5-10,12-14,19H,2-4,11H2,1H3,(H,22,25). The Balaban J connectivity index is 1.40. The second-order valence-electron chi connectivity index (χ2n) is 7.01. The molecule has 4 heterocycles. The van der Waals surface area contributed by atoms with Gasteiger partial charge in [-0.2, -0.15) is 13.5 Å². The Labute approximate surface area is 183 Å². The van der Waals surface area contributed by atoms with Crippen LogP contribution in [0, 0.1) is 0 Å². The number of carbonyl (C=O) groups is 1. The first kappa shape index (κ1) is 21.5. The van der Waals surface area contributed by atoms with Crippen molar-refractivity contribution in [3.05, 3.63) is 54.6 Å². The first-order valence-electron chi connectivity index (χ1n) is 9.69. The number of carbonyl (C=O) groups excluding carboxylic acids is 1. The van der Waals surface area contributed by atoms with Crippen LogP contribution in [0.2, 0.25) is 0 Å². The molecule has 0 bridgehead atoms. The van der Waals surface area contributed by atoms with Crippen molar-refractivity contribution in [3.8, 4) is 10.4 Å². The van der Waals surface area contributed by atoms with Gasteiger partial charge in [-0.3, -0.25) is 9.48 Å². The maximum Gasteiger partial charge on any atom is 0.277 e. The van der Waals surface area contributed by atoms with Crippen molar-refractivity contribution in [2.45, 2.75) is 29.8 Å². The van der Waals surface area contributed by atoms with Crippen LogP contribution in [0.1, 0.15) is 24.8 Å². The second-order valence-corrected chi connectivity index (χ2v) is 10.2. The topological polar surface area (TPSA) is 104 Å². The third kappa shape index (κ3) is 5.13. The van der Waals surface area contributed by atoms with Crippen molar-refractivity contribution in [2.75, 3.05) is 6.61 Å². The van der Waals surface area contributed by atoms with E-state index in [2.05, 4.69) is 10.6 Å². The minimum absolute atomic E-state index is 0.219. The van der Waals surface area contributed by atoms with Crippen molar-refractivity contribution >= 4 is 33.3 Å². The summed E-state index contributed by atoms with van der Waals surface area (Å²) >= 11 is 1.18. The fraction of sp³-hybridized carbons (Fsp3) is 0.300. The van der Waals surface area contributed by atoms with Gasteiger partial charge < -0.3 is 4.74 Å². The van der Waals surface area contributed by atoms with Crippen LogP contribution in [0.15, 0.2) is 53.3 Å². The Morgan fingerprint density at radius 1 is 1.32 bits per heavy atom. The summed E-state index contributed by atoms with van der Waals surface area (Å²) < 4.78 is 34.2. The van der Waals surface area contributed by atoms with Gasteiger partial charge in [0.15, 0.2) is 6.29 Å². The van der Waals surface area contributed by atoms with Crippen molar-refractivity contribution in [3.63, 3.8) is 0 Å². The molecule has 1 fully saturated rings. The molecule has 3 aromatic heterocycles. The van der Waals surface area contributed by atoms with Crippen LogP contribution >= 0.6 is 11.3 Å². The van der Waals surface area contributed by atoms with Gasteiger partial charge in [0.05, 0.1) is 6.20 Å². The zero-order valence-electron chi connectivity index (χ0n) is 16.8. The van der Waals surface area contributed by atoms with Crippen molar-refractivity contribution in [1.82, 2.24) is 19.2 Å². The van der Waals surface area contributed by atoms with Crippen LogP contribution in [0.4, 0.5) is 0 Å². The van der Waals surface area contributed by atoms with Gasteiger partial charge in [-0.15, -0.1) is 11.3 Å². The van der Waals surface area contributed by atoms with E-state index in [0.29, 0.717) is 12.2 Å². The molecule has 0 aliphatic carbocycles. The molecule has 0 aromatic carbocycles. The molecule has 1 saturated heterocycles. The van der Waals surface area contributed by atoms with E-state index >= 15 is 0 Å². The number of hydrogen-bond donors (Lipinski definition) is 1. The van der Waals surface area contributed by atoms with E-state index in [0.717, 1.165) is 33.7 Å². The molecule has 1 unspecified atom stereocenters. The maximum absolute atomic E-state index is 12.9. The van der Waals surface area contributed by atoms with Crippen LogP contribution in [0.25, 0.3) is 16.5 Å². The summed E-state index contributed by atoms with van der Waals surface area (Å²) in [6.45, 7) is 0.617. The number of nitrogens with zero attached hydrogens (tertiary/aromatic N) is 3. The summed E-state index contributed by atoms with van der Waals surface area (Å²) in [6.07, 6.45) is 11.5. The van der Waals surface area contributed by atoms with Crippen LogP contribution in [-0.4, -0.2) is 41.0 Å². The third-order valence-corrected chi connectivity index (χ3v) is 7.89. The van der Waals surface area contributed by atoms with Gasteiger partial charge in [0.25, 0.3) is 15.9 Å². The summed E-state index contributed by atoms with van der Waals surface area (Å²) in [5.41, 5.74) is 3.75. The van der Waals surface area contributed by atoms with Gasteiger partial charge in [-0.05, 0) is 42.7 Å². The molecule has 31 heavy (non-hydrogen) atoms. The molecule has 0 radical (unpaired) electrons. The lowest BCUT2D eigenvalue weighted by atomic mass is 10.2. The Morgan fingerprint density at radius 2 is 2.19 bits per heavy atom. The summed E-state index contributed by atoms with van der Waals surface area (Å²) in [4.78, 5) is 17.9. The van der Waals surface area contributed by atoms with E-state index < -0.39 is 22.2 Å². The molecule has 1 aliphatic rings. The van der Waals surface area contributed by atoms with Crippen molar-refractivity contribution in [1.29, 1.82) is 0 Å². The largest absolute Gasteiger partial charge is 0.350 e. The molecular weight excluding hydrogens is 440 g/mol. The first-order chi connectivity index (χ1) is 14.9. The van der Waals surface area contributed by atoms with Gasteiger partial charge in [0.1, 0.15) is 4.21 Å². The highest BCUT2D eigenvalue weighted by molar-refractivity contribution is 7.92. The smallest absolute Gasteiger partial charge is 0.277 e. The highest BCUT2D eigenvalue weighted by atomic mass is 32.2. The van der Waals surface area contributed by atoms with Gasteiger partial charge in [-0.1, -0.05) is 0 Å². The van der Waals surface area contributed by atoms with Crippen molar-refractivity contribution in [2.24, 2.45) is 7.05 Å². The van der Waals surface area contributed by atoms with E-state index in [1.54, 1.807) is 36.1 Å². The fourth-order valence-electron chi connectivity index (χ4n) is 3.04. The maximum atomic E-state index is 12.9. The lowest BCUT2D eigenvalue weighted by molar-refractivity contribution is -0.198. The normalized spacial score (nSPS) is 17.3. The quantitative estimate of drug-likeness (QED) is 0.428. The number of ether oxygens (including phenoxy) is 1. The highest BCUT2D eigenvalue weighted by Gasteiger charge is 2.20. The van der Waals surface area contributed by atoms with E-state index in [-0.39, 0.29) is 4.21 Å². The Hall–Kier alpha value is -2.73. The number of hydrogen-bond acceptors (Lipinski definition) is 7. The molecule has 164 valence electrons. The van der Waals surface area contributed by atoms with Gasteiger partial charge in [0, 0.05) is 55.2 Å². The van der Waals surface area contributed by atoms with Gasteiger partial charge in [-0.25, -0.2) is 14.3 Å². The number of thiophene rings is 1. The molecule has 1 atom stereocenters. The predicted octanol–water partition coefficient (Wildman–Crippen LogP) is 2.77. The molecule has 1 aliphatic heterocycles. The molecule has 1 N–H and O–H groups in total. The number of aryl methyl sites for hydroxylation is 1. The number of hydroxylamine groups is 1. The monoisotopic (exact) mass is 462 g/mol. The lowest BCUT2D eigenvalue weighted by Crippen LogP contribution is -2.32. The molecular formula is C20H22N4O5S2. The zero-order valence-corrected chi connectivity index (χ0v) is 18.4. The van der Waals surface area contributed by atoms with E-state index in [9.17, 15) is 13.2 Å². The summed E-state index contributed by atoms with van der Waals surface area (Å²) in [5, 5.41) is 4.11. The van der Waals surface area contributed by atoms with E-state index in [4.69, 9.17) is 9.57 Å². The summed E-state index contributed by atoms with van der Waals surface area (Å²) in [7, 11) is -1.92. The fourth-order valence-corrected chi connectivity index (χ4v) is 5.63. The summed E-state index contributed by atoms with van der Waals surface area (Å²) in [5.74, 6) is -0.454. The van der Waals surface area contributed by atoms with Crippen LogP contribution in [0.5, 0.6) is 0 Å². The number of nitrogens with one attached hydrogen (secondary N) is 1. The molecule has 0 saturated carbocycles. The molecule has 1 amide bonds. The van der Waals surface area contributed by atoms with Crippen molar-refractivity contribution < 1.29 is 22.8 Å². The van der Waals surface area contributed by atoms with Gasteiger partial charge in [0.2, 0.25) is 0 Å². The minimum atomic E-state index is -3.73. The highest BCUT2D eigenvalue weighted by Crippen LogP contribution is 2.31. The predicted molar refractivity (Wildman–Crippen MR) is 115 cm³/mol. The van der Waals surface area contributed by atoms with Gasteiger partial charge >= 0.3 is 0 Å². The Kier molecular flexibility index (Phi) is 6.37. The molecule has 9 nitrogen and oxygen atoms in total. The number of amides is 1. The Morgan fingerprint density at radius 3 is 2.94 bits per heavy atom. The van der Waals surface area contributed by atoms with E-state index in [1.807, 2.05) is 6.20 Å². The molecule has 3 aromatic rings. The average Bonchev–Trinajstić information content (AvgIpc) is 3.52.